The van der Waals surface area contributed by atoms with Crippen molar-refractivity contribution in [2.75, 3.05) is 51.0 Å². The standard InChI is InChI=1S/C16H31N3O4S.HI/c1-2-17-16(19-11-14-6-10-24(20,21)13-14)18-7-4-8-22-12-15-5-3-9-23-15;/h14-15H,2-13H2,1H3,(H2,17,18,19);1H. The molecule has 0 spiro atoms. The number of nitrogens with zero attached hydrogens (tertiary/aromatic N) is 1. The van der Waals surface area contributed by atoms with Crippen molar-refractivity contribution in [1.29, 1.82) is 0 Å². The van der Waals surface area contributed by atoms with Gasteiger partial charge in [-0.05, 0) is 38.5 Å². The summed E-state index contributed by atoms with van der Waals surface area (Å²) in [6.07, 6.45) is 4.14. The molecule has 2 heterocycles. The summed E-state index contributed by atoms with van der Waals surface area (Å²) in [5, 5.41) is 6.46. The van der Waals surface area contributed by atoms with Crippen LogP contribution in [0.1, 0.15) is 32.6 Å². The summed E-state index contributed by atoms with van der Waals surface area (Å²) in [6, 6.07) is 0. The Bertz CT molecular complexity index is 496. The molecule has 2 saturated heterocycles. The zero-order chi connectivity index (χ0) is 17.3. The first-order chi connectivity index (χ1) is 11.6. The van der Waals surface area contributed by atoms with E-state index in [1.165, 1.54) is 0 Å². The molecule has 0 saturated carbocycles. The van der Waals surface area contributed by atoms with Gasteiger partial charge in [-0.25, -0.2) is 8.42 Å². The highest BCUT2D eigenvalue weighted by Crippen LogP contribution is 2.18. The van der Waals surface area contributed by atoms with E-state index in [-0.39, 0.29) is 41.8 Å². The maximum absolute atomic E-state index is 11.5. The molecule has 2 fully saturated rings. The molecular weight excluding hydrogens is 457 g/mol. The number of ether oxygens (including phenoxy) is 2. The van der Waals surface area contributed by atoms with Gasteiger partial charge in [0, 0.05) is 32.8 Å². The van der Waals surface area contributed by atoms with E-state index in [1.807, 2.05) is 6.92 Å². The zero-order valence-corrected chi connectivity index (χ0v) is 18.2. The third kappa shape index (κ3) is 9.39. The van der Waals surface area contributed by atoms with Gasteiger partial charge in [-0.2, -0.15) is 0 Å². The van der Waals surface area contributed by atoms with Crippen LogP contribution in [0.25, 0.3) is 0 Å². The summed E-state index contributed by atoms with van der Waals surface area (Å²) in [5.74, 6) is 1.48. The molecule has 0 bridgehead atoms. The van der Waals surface area contributed by atoms with Crippen molar-refractivity contribution in [3.63, 3.8) is 0 Å². The smallest absolute Gasteiger partial charge is 0.191 e. The number of aliphatic imine (C=N–C) groups is 1. The molecule has 2 aliphatic heterocycles. The van der Waals surface area contributed by atoms with E-state index < -0.39 is 9.84 Å². The van der Waals surface area contributed by atoms with Gasteiger partial charge in [0.15, 0.2) is 15.8 Å². The second-order valence-corrected chi connectivity index (χ2v) is 8.71. The average molecular weight is 489 g/mol. The van der Waals surface area contributed by atoms with Crippen LogP contribution in [-0.2, 0) is 19.3 Å². The Kier molecular flexibility index (Phi) is 11.3. The lowest BCUT2D eigenvalue weighted by atomic mass is 10.1. The van der Waals surface area contributed by atoms with Crippen LogP contribution in [0.2, 0.25) is 0 Å². The minimum atomic E-state index is -2.83. The molecule has 7 nitrogen and oxygen atoms in total. The van der Waals surface area contributed by atoms with Crippen molar-refractivity contribution in [2.45, 2.75) is 38.7 Å². The second-order valence-electron chi connectivity index (χ2n) is 6.48. The number of halogens is 1. The van der Waals surface area contributed by atoms with Crippen molar-refractivity contribution < 1.29 is 17.9 Å². The number of hydrogen-bond donors (Lipinski definition) is 2. The zero-order valence-electron chi connectivity index (χ0n) is 15.0. The molecule has 0 aromatic heterocycles. The van der Waals surface area contributed by atoms with Crippen molar-refractivity contribution in [2.24, 2.45) is 10.9 Å². The minimum Gasteiger partial charge on any atom is -0.379 e. The van der Waals surface area contributed by atoms with Gasteiger partial charge in [-0.15, -0.1) is 24.0 Å². The number of nitrogens with one attached hydrogen (secondary N) is 2. The fourth-order valence-corrected chi connectivity index (χ4v) is 4.80. The van der Waals surface area contributed by atoms with Crippen LogP contribution >= 0.6 is 24.0 Å². The van der Waals surface area contributed by atoms with E-state index in [0.29, 0.717) is 25.5 Å². The SMILES string of the molecule is CCNC(=NCC1CCS(=O)(=O)C1)NCCCOCC1CCCO1.I. The van der Waals surface area contributed by atoms with Gasteiger partial charge in [0.2, 0.25) is 0 Å². The maximum Gasteiger partial charge on any atom is 0.191 e. The molecule has 2 unspecified atom stereocenters. The van der Waals surface area contributed by atoms with Crippen LogP contribution < -0.4 is 10.6 Å². The van der Waals surface area contributed by atoms with E-state index in [1.54, 1.807) is 0 Å². The summed E-state index contributed by atoms with van der Waals surface area (Å²) < 4.78 is 34.1. The van der Waals surface area contributed by atoms with Crippen molar-refractivity contribution in [3.05, 3.63) is 0 Å². The monoisotopic (exact) mass is 489 g/mol. The summed E-state index contributed by atoms with van der Waals surface area (Å²) >= 11 is 0. The van der Waals surface area contributed by atoms with Gasteiger partial charge < -0.3 is 20.1 Å². The highest BCUT2D eigenvalue weighted by atomic mass is 127. The molecule has 148 valence electrons. The van der Waals surface area contributed by atoms with Crippen LogP contribution in [0.15, 0.2) is 4.99 Å². The van der Waals surface area contributed by atoms with Gasteiger partial charge >= 0.3 is 0 Å². The first kappa shape index (κ1) is 22.9. The van der Waals surface area contributed by atoms with Crippen LogP contribution in [0, 0.1) is 5.92 Å². The number of guanidine groups is 1. The van der Waals surface area contributed by atoms with Crippen molar-refractivity contribution in [1.82, 2.24) is 10.6 Å². The number of hydrogen-bond acceptors (Lipinski definition) is 5. The third-order valence-corrected chi connectivity index (χ3v) is 6.10. The Morgan fingerprint density at radius 1 is 1.32 bits per heavy atom. The molecule has 0 aromatic rings. The van der Waals surface area contributed by atoms with Gasteiger partial charge in [0.25, 0.3) is 0 Å². The number of rotatable bonds is 9. The summed E-state index contributed by atoms with van der Waals surface area (Å²) in [5.41, 5.74) is 0. The largest absolute Gasteiger partial charge is 0.379 e. The molecule has 25 heavy (non-hydrogen) atoms. The normalized spacial score (nSPS) is 25.6. The Labute approximate surface area is 168 Å². The Morgan fingerprint density at radius 3 is 2.80 bits per heavy atom. The van der Waals surface area contributed by atoms with Gasteiger partial charge in [-0.3, -0.25) is 4.99 Å². The van der Waals surface area contributed by atoms with Crippen LogP contribution in [0.3, 0.4) is 0 Å². The average Bonchev–Trinajstić information content (AvgIpc) is 3.17. The van der Waals surface area contributed by atoms with Crippen molar-refractivity contribution in [3.8, 4) is 0 Å². The van der Waals surface area contributed by atoms with E-state index in [0.717, 1.165) is 51.3 Å². The summed E-state index contributed by atoms with van der Waals surface area (Å²) in [7, 11) is -2.83. The van der Waals surface area contributed by atoms with Gasteiger partial charge in [0.1, 0.15) is 0 Å². The molecular formula is C16H32IN3O4S. The lowest BCUT2D eigenvalue weighted by Crippen LogP contribution is -2.38. The van der Waals surface area contributed by atoms with E-state index in [9.17, 15) is 8.42 Å². The predicted molar refractivity (Wildman–Crippen MR) is 111 cm³/mol. The predicted octanol–water partition coefficient (Wildman–Crippen LogP) is 1.18. The molecule has 0 radical (unpaired) electrons. The van der Waals surface area contributed by atoms with E-state index in [2.05, 4.69) is 15.6 Å². The third-order valence-electron chi connectivity index (χ3n) is 4.26. The Morgan fingerprint density at radius 2 is 2.16 bits per heavy atom. The quantitative estimate of drug-likeness (QED) is 0.219. The van der Waals surface area contributed by atoms with Crippen molar-refractivity contribution >= 4 is 39.8 Å². The molecule has 0 aromatic carbocycles. The van der Waals surface area contributed by atoms with E-state index in [4.69, 9.17) is 9.47 Å². The molecule has 2 rings (SSSR count). The fraction of sp³-hybridized carbons (Fsp3) is 0.938. The van der Waals surface area contributed by atoms with E-state index >= 15 is 0 Å². The van der Waals surface area contributed by atoms with Gasteiger partial charge in [-0.1, -0.05) is 0 Å². The summed E-state index contributed by atoms with van der Waals surface area (Å²) in [4.78, 5) is 4.51. The minimum absolute atomic E-state index is 0. The number of sulfone groups is 1. The highest BCUT2D eigenvalue weighted by molar-refractivity contribution is 14.0. The fourth-order valence-electron chi connectivity index (χ4n) is 2.95. The molecule has 0 aliphatic carbocycles. The molecule has 9 heteroatoms. The van der Waals surface area contributed by atoms with Crippen LogP contribution in [0.4, 0.5) is 0 Å². The topological polar surface area (TPSA) is 89.0 Å². The first-order valence-corrected chi connectivity index (χ1v) is 10.8. The Hall–Kier alpha value is -0.130. The van der Waals surface area contributed by atoms with Crippen LogP contribution in [0.5, 0.6) is 0 Å². The molecule has 2 N–H and O–H groups in total. The lowest BCUT2D eigenvalue weighted by molar-refractivity contribution is 0.0168. The lowest BCUT2D eigenvalue weighted by Gasteiger charge is -2.13. The van der Waals surface area contributed by atoms with Crippen LogP contribution in [-0.4, -0.2) is 71.4 Å². The first-order valence-electron chi connectivity index (χ1n) is 9.01. The Balaban J connectivity index is 0.00000312. The molecule has 2 atom stereocenters. The summed E-state index contributed by atoms with van der Waals surface area (Å²) in [6.45, 7) is 6.38. The highest BCUT2D eigenvalue weighted by Gasteiger charge is 2.27. The molecule has 2 aliphatic rings. The second kappa shape index (κ2) is 12.3. The maximum atomic E-state index is 11.5. The van der Waals surface area contributed by atoms with Gasteiger partial charge in [0.05, 0.1) is 24.2 Å². The molecule has 0 amide bonds.